The van der Waals surface area contributed by atoms with Crippen molar-refractivity contribution >= 4 is 46.1 Å². The van der Waals surface area contributed by atoms with Crippen molar-refractivity contribution in [1.29, 1.82) is 0 Å². The normalized spacial score (nSPS) is 13.7. The number of esters is 1. The molecule has 3 heterocycles. The molecule has 0 aromatic carbocycles. The molecule has 0 unspecified atom stereocenters. The van der Waals surface area contributed by atoms with Crippen LogP contribution in [0, 0.1) is 6.92 Å². The number of piperazine rings is 1. The van der Waals surface area contributed by atoms with E-state index in [0.29, 0.717) is 35.4 Å². The number of amides is 1. The summed E-state index contributed by atoms with van der Waals surface area (Å²) < 4.78 is 4.98. The van der Waals surface area contributed by atoms with Crippen molar-refractivity contribution in [2.45, 2.75) is 20.3 Å². The zero-order valence-corrected chi connectivity index (χ0v) is 16.7. The Morgan fingerprint density at radius 1 is 1.38 bits per heavy atom. The van der Waals surface area contributed by atoms with Gasteiger partial charge in [-0.3, -0.25) is 14.9 Å². The molecular formula is C17H20N6O5S. The molecule has 2 aromatic heterocycles. The fourth-order valence-corrected chi connectivity index (χ4v) is 3.53. The summed E-state index contributed by atoms with van der Waals surface area (Å²) >= 11 is 0.961. The number of carbonyl (C=O) groups excluding carboxylic acids is 2. The Kier molecular flexibility index (Phi) is 6.22. The maximum absolute atomic E-state index is 11.9. The number of hydrogen-bond acceptors (Lipinski definition) is 10. The van der Waals surface area contributed by atoms with Crippen molar-refractivity contribution in [3.63, 3.8) is 0 Å². The summed E-state index contributed by atoms with van der Waals surface area (Å²) in [5, 5.41) is 15.1. The predicted octanol–water partition coefficient (Wildman–Crippen LogP) is 0.725. The molecule has 0 spiro atoms. The molecule has 3 rings (SSSR count). The van der Waals surface area contributed by atoms with Gasteiger partial charge in [0.1, 0.15) is 10.7 Å². The Morgan fingerprint density at radius 2 is 2.17 bits per heavy atom. The lowest BCUT2D eigenvalue weighted by atomic mass is 10.2. The number of thiazole rings is 1. The molecule has 1 saturated heterocycles. The molecule has 29 heavy (non-hydrogen) atoms. The van der Waals surface area contributed by atoms with Crippen LogP contribution >= 0.6 is 11.3 Å². The third-order valence-corrected chi connectivity index (χ3v) is 5.03. The highest BCUT2D eigenvalue weighted by molar-refractivity contribution is 7.17. The molecule has 1 aliphatic rings. The number of anilines is 3. The van der Waals surface area contributed by atoms with E-state index in [1.165, 1.54) is 0 Å². The Hall–Kier alpha value is -3.28. The van der Waals surface area contributed by atoms with Crippen LogP contribution in [0.1, 0.15) is 28.0 Å². The molecule has 0 saturated carbocycles. The van der Waals surface area contributed by atoms with Gasteiger partial charge in [-0.15, -0.1) is 0 Å². The van der Waals surface area contributed by atoms with E-state index >= 15 is 0 Å². The van der Waals surface area contributed by atoms with Gasteiger partial charge >= 0.3 is 11.9 Å². The SMILES string of the molecule is CCOC(=O)Cc1cc(N2CCNC(=O)C2)nc(Nc2nc(C)c(C(=O)O)s2)n1. The summed E-state index contributed by atoms with van der Waals surface area (Å²) in [5.41, 5.74) is 0.786. The quantitative estimate of drug-likeness (QED) is 0.548. The number of carboxylic acids is 1. The zero-order valence-electron chi connectivity index (χ0n) is 15.9. The van der Waals surface area contributed by atoms with Crippen molar-refractivity contribution in [3.05, 3.63) is 22.3 Å². The van der Waals surface area contributed by atoms with Gasteiger partial charge in [0.25, 0.3) is 0 Å². The average molecular weight is 420 g/mol. The second-order valence-corrected chi connectivity index (χ2v) is 7.16. The number of aromatic nitrogens is 3. The third-order valence-electron chi connectivity index (χ3n) is 3.97. The number of nitrogens with one attached hydrogen (secondary N) is 2. The van der Waals surface area contributed by atoms with Crippen molar-refractivity contribution in [3.8, 4) is 0 Å². The molecule has 1 amide bonds. The second-order valence-electron chi connectivity index (χ2n) is 6.16. The topological polar surface area (TPSA) is 147 Å². The first kappa shape index (κ1) is 20.5. The maximum Gasteiger partial charge on any atom is 0.347 e. The van der Waals surface area contributed by atoms with Crippen molar-refractivity contribution in [1.82, 2.24) is 20.3 Å². The molecule has 3 N–H and O–H groups in total. The second kappa shape index (κ2) is 8.82. The number of hydrogen-bond donors (Lipinski definition) is 3. The van der Waals surface area contributed by atoms with E-state index in [-0.39, 0.29) is 36.3 Å². The lowest BCUT2D eigenvalue weighted by molar-refractivity contribution is -0.142. The Labute approximate surface area is 170 Å². The van der Waals surface area contributed by atoms with E-state index in [4.69, 9.17) is 4.74 Å². The van der Waals surface area contributed by atoms with Crippen LogP contribution < -0.4 is 15.5 Å². The van der Waals surface area contributed by atoms with Crippen molar-refractivity contribution in [2.75, 3.05) is 36.5 Å². The monoisotopic (exact) mass is 420 g/mol. The number of carbonyl (C=O) groups is 3. The minimum absolute atomic E-state index is 0.0602. The number of aromatic carboxylic acids is 1. The van der Waals surface area contributed by atoms with Crippen LogP contribution in [0.4, 0.5) is 16.9 Å². The number of aryl methyl sites for hydroxylation is 1. The summed E-state index contributed by atoms with van der Waals surface area (Å²) in [4.78, 5) is 49.6. The van der Waals surface area contributed by atoms with Gasteiger partial charge in [-0.1, -0.05) is 11.3 Å². The number of rotatable bonds is 7. The Balaban J connectivity index is 1.90. The lowest BCUT2D eigenvalue weighted by Crippen LogP contribution is -2.48. The zero-order chi connectivity index (χ0) is 21.0. The summed E-state index contributed by atoms with van der Waals surface area (Å²) in [6, 6.07) is 1.64. The van der Waals surface area contributed by atoms with Gasteiger partial charge in [0.15, 0.2) is 5.13 Å². The molecule has 1 aliphatic heterocycles. The van der Waals surface area contributed by atoms with Crippen molar-refractivity contribution < 1.29 is 24.2 Å². The molecule has 11 nitrogen and oxygen atoms in total. The molecular weight excluding hydrogens is 400 g/mol. The Bertz CT molecular complexity index is 946. The minimum atomic E-state index is -1.06. The van der Waals surface area contributed by atoms with E-state index in [2.05, 4.69) is 25.6 Å². The maximum atomic E-state index is 11.9. The fourth-order valence-electron chi connectivity index (χ4n) is 2.73. The number of carboxylic acid groups (broad SMARTS) is 1. The molecule has 0 bridgehead atoms. The average Bonchev–Trinajstić information content (AvgIpc) is 3.02. The van der Waals surface area contributed by atoms with E-state index < -0.39 is 11.9 Å². The highest BCUT2D eigenvalue weighted by atomic mass is 32.1. The van der Waals surface area contributed by atoms with Crippen LogP contribution in [-0.2, 0) is 20.7 Å². The van der Waals surface area contributed by atoms with Gasteiger partial charge < -0.3 is 20.1 Å². The van der Waals surface area contributed by atoms with Crippen LogP contribution in [0.5, 0.6) is 0 Å². The first-order chi connectivity index (χ1) is 13.9. The number of nitrogens with zero attached hydrogens (tertiary/aromatic N) is 4. The van der Waals surface area contributed by atoms with Crippen LogP contribution in [0.15, 0.2) is 6.07 Å². The van der Waals surface area contributed by atoms with Gasteiger partial charge in [-0.05, 0) is 13.8 Å². The minimum Gasteiger partial charge on any atom is -0.477 e. The smallest absolute Gasteiger partial charge is 0.347 e. The van der Waals surface area contributed by atoms with E-state index in [0.717, 1.165) is 11.3 Å². The summed E-state index contributed by atoms with van der Waals surface area (Å²) in [6.07, 6.45) is -0.0602. The Morgan fingerprint density at radius 3 is 2.83 bits per heavy atom. The first-order valence-electron chi connectivity index (χ1n) is 8.88. The molecule has 2 aromatic rings. The van der Waals surface area contributed by atoms with Gasteiger partial charge in [-0.25, -0.2) is 14.8 Å². The predicted molar refractivity (Wildman–Crippen MR) is 105 cm³/mol. The molecule has 12 heteroatoms. The summed E-state index contributed by atoms with van der Waals surface area (Å²) in [5.74, 6) is -0.998. The van der Waals surface area contributed by atoms with Crippen LogP contribution in [-0.4, -0.2) is 64.1 Å². The molecule has 0 atom stereocenters. The van der Waals surface area contributed by atoms with E-state index in [1.807, 2.05) is 0 Å². The largest absolute Gasteiger partial charge is 0.477 e. The van der Waals surface area contributed by atoms with Gasteiger partial charge in [0.2, 0.25) is 11.9 Å². The highest BCUT2D eigenvalue weighted by Crippen LogP contribution is 2.26. The molecule has 154 valence electrons. The van der Waals surface area contributed by atoms with Gasteiger partial charge in [0, 0.05) is 19.2 Å². The summed E-state index contributed by atoms with van der Waals surface area (Å²) in [6.45, 7) is 4.74. The highest BCUT2D eigenvalue weighted by Gasteiger charge is 2.21. The summed E-state index contributed by atoms with van der Waals surface area (Å²) in [7, 11) is 0. The number of ether oxygens (including phenoxy) is 1. The molecule has 1 fully saturated rings. The lowest BCUT2D eigenvalue weighted by Gasteiger charge is -2.28. The van der Waals surface area contributed by atoms with E-state index in [1.54, 1.807) is 24.8 Å². The van der Waals surface area contributed by atoms with Crippen LogP contribution in [0.25, 0.3) is 0 Å². The van der Waals surface area contributed by atoms with Gasteiger partial charge in [0.05, 0.1) is 31.0 Å². The molecule has 0 aliphatic carbocycles. The van der Waals surface area contributed by atoms with E-state index in [9.17, 15) is 19.5 Å². The van der Waals surface area contributed by atoms with Gasteiger partial charge in [-0.2, -0.15) is 4.98 Å². The standard InChI is InChI=1S/C17H20N6O5S/c1-3-28-13(25)7-10-6-11(23-5-4-18-12(24)8-23)21-16(20-10)22-17-19-9(2)14(29-17)15(26)27/h6H,3-5,7-8H2,1-2H3,(H,18,24)(H,26,27)(H,19,20,21,22). The fraction of sp³-hybridized carbons (Fsp3) is 0.412. The first-order valence-corrected chi connectivity index (χ1v) is 9.70. The van der Waals surface area contributed by atoms with Crippen molar-refractivity contribution in [2.24, 2.45) is 0 Å². The molecule has 0 radical (unpaired) electrons. The van der Waals surface area contributed by atoms with Crippen LogP contribution in [0.3, 0.4) is 0 Å². The van der Waals surface area contributed by atoms with Crippen LogP contribution in [0.2, 0.25) is 0 Å². The third kappa shape index (κ3) is 5.16.